The molecular formula is C19H32N2O2. The minimum atomic E-state index is -0.927. The first-order valence-corrected chi connectivity index (χ1v) is 8.34. The van der Waals surface area contributed by atoms with Crippen LogP contribution in [0.3, 0.4) is 0 Å². The SMILES string of the molecule is CCC(C)c1cc(C=NCCC(C)(C)O)c(N)cc1C(C)(C)O. The van der Waals surface area contributed by atoms with Crippen LogP contribution in [-0.2, 0) is 5.60 Å². The Labute approximate surface area is 140 Å². The van der Waals surface area contributed by atoms with Gasteiger partial charge in [0.25, 0.3) is 0 Å². The number of nitrogen functional groups attached to an aromatic ring is 1. The second-order valence-corrected chi connectivity index (χ2v) is 7.53. The predicted octanol–water partition coefficient (Wildman–Crippen LogP) is 3.59. The molecule has 130 valence electrons. The van der Waals surface area contributed by atoms with Crippen molar-refractivity contribution in [3.05, 3.63) is 28.8 Å². The molecule has 1 rings (SSSR count). The third-order valence-corrected chi connectivity index (χ3v) is 4.14. The molecule has 0 aliphatic carbocycles. The third kappa shape index (κ3) is 5.96. The molecule has 23 heavy (non-hydrogen) atoms. The molecule has 0 spiro atoms. The second-order valence-electron chi connectivity index (χ2n) is 7.53. The summed E-state index contributed by atoms with van der Waals surface area (Å²) in [6.07, 6.45) is 3.35. The van der Waals surface area contributed by atoms with Crippen molar-refractivity contribution in [2.45, 2.75) is 71.5 Å². The Morgan fingerprint density at radius 2 is 1.83 bits per heavy atom. The highest BCUT2D eigenvalue weighted by atomic mass is 16.3. The number of hydrogen-bond acceptors (Lipinski definition) is 4. The molecular weight excluding hydrogens is 288 g/mol. The van der Waals surface area contributed by atoms with Gasteiger partial charge in [-0.2, -0.15) is 0 Å². The highest BCUT2D eigenvalue weighted by Gasteiger charge is 2.23. The van der Waals surface area contributed by atoms with E-state index in [-0.39, 0.29) is 0 Å². The first-order valence-electron chi connectivity index (χ1n) is 8.34. The molecule has 0 saturated heterocycles. The predicted molar refractivity (Wildman–Crippen MR) is 98.2 cm³/mol. The van der Waals surface area contributed by atoms with Crippen molar-refractivity contribution in [1.82, 2.24) is 0 Å². The highest BCUT2D eigenvalue weighted by Crippen LogP contribution is 2.33. The van der Waals surface area contributed by atoms with Gasteiger partial charge < -0.3 is 15.9 Å². The van der Waals surface area contributed by atoms with E-state index in [1.165, 1.54) is 0 Å². The third-order valence-electron chi connectivity index (χ3n) is 4.14. The van der Waals surface area contributed by atoms with E-state index in [4.69, 9.17) is 5.73 Å². The van der Waals surface area contributed by atoms with Crippen LogP contribution < -0.4 is 5.73 Å². The van der Waals surface area contributed by atoms with Gasteiger partial charge in [0.05, 0.1) is 11.2 Å². The summed E-state index contributed by atoms with van der Waals surface area (Å²) in [6.45, 7) is 11.9. The summed E-state index contributed by atoms with van der Waals surface area (Å²) < 4.78 is 0. The van der Waals surface area contributed by atoms with E-state index in [0.717, 1.165) is 23.1 Å². The van der Waals surface area contributed by atoms with E-state index < -0.39 is 11.2 Å². The zero-order chi connectivity index (χ0) is 17.8. The van der Waals surface area contributed by atoms with Crippen molar-refractivity contribution >= 4 is 11.9 Å². The number of benzene rings is 1. The number of hydrogen-bond donors (Lipinski definition) is 3. The van der Waals surface area contributed by atoms with E-state index in [2.05, 4.69) is 18.8 Å². The molecule has 0 aliphatic rings. The Morgan fingerprint density at radius 1 is 1.22 bits per heavy atom. The van der Waals surface area contributed by atoms with Crippen LogP contribution in [0.1, 0.15) is 77.0 Å². The van der Waals surface area contributed by atoms with E-state index >= 15 is 0 Å². The molecule has 0 saturated carbocycles. The number of nitrogens with zero attached hydrogens (tertiary/aromatic N) is 1. The largest absolute Gasteiger partial charge is 0.398 e. The van der Waals surface area contributed by atoms with Crippen LogP contribution >= 0.6 is 0 Å². The molecule has 1 aromatic carbocycles. The summed E-state index contributed by atoms with van der Waals surface area (Å²) in [6, 6.07) is 3.89. The van der Waals surface area contributed by atoms with E-state index in [1.54, 1.807) is 33.9 Å². The molecule has 4 heteroatoms. The topological polar surface area (TPSA) is 78.8 Å². The van der Waals surface area contributed by atoms with Crippen LogP contribution in [0.15, 0.2) is 17.1 Å². The number of aliphatic imine (C=N–C) groups is 1. The van der Waals surface area contributed by atoms with Gasteiger partial charge in [-0.3, -0.25) is 4.99 Å². The van der Waals surface area contributed by atoms with Gasteiger partial charge in [0.1, 0.15) is 0 Å². The Kier molecular flexibility index (Phi) is 6.37. The van der Waals surface area contributed by atoms with Gasteiger partial charge in [0, 0.05) is 24.0 Å². The van der Waals surface area contributed by atoms with Crippen LogP contribution in [0.5, 0.6) is 0 Å². The minimum Gasteiger partial charge on any atom is -0.398 e. The summed E-state index contributed by atoms with van der Waals surface area (Å²) in [7, 11) is 0. The maximum absolute atomic E-state index is 10.4. The van der Waals surface area contributed by atoms with Gasteiger partial charge in [0.2, 0.25) is 0 Å². The lowest BCUT2D eigenvalue weighted by atomic mass is 9.84. The average molecular weight is 320 g/mol. The summed E-state index contributed by atoms with van der Waals surface area (Å²) in [5.41, 5.74) is 7.96. The fourth-order valence-corrected chi connectivity index (χ4v) is 2.42. The molecule has 0 fully saturated rings. The monoisotopic (exact) mass is 320 g/mol. The Morgan fingerprint density at radius 3 is 2.30 bits per heavy atom. The van der Waals surface area contributed by atoms with Crippen molar-refractivity contribution < 1.29 is 10.2 Å². The van der Waals surface area contributed by atoms with Gasteiger partial charge in [-0.15, -0.1) is 0 Å². The van der Waals surface area contributed by atoms with Crippen LogP contribution in [0.25, 0.3) is 0 Å². The lowest BCUT2D eigenvalue weighted by molar-refractivity contribution is 0.0738. The maximum atomic E-state index is 10.4. The molecule has 1 unspecified atom stereocenters. The van der Waals surface area contributed by atoms with Crippen LogP contribution in [0, 0.1) is 0 Å². The molecule has 1 atom stereocenters. The summed E-state index contributed by atoms with van der Waals surface area (Å²) in [4.78, 5) is 4.38. The van der Waals surface area contributed by atoms with Crippen molar-refractivity contribution in [2.75, 3.05) is 12.3 Å². The molecule has 0 aliphatic heterocycles. The zero-order valence-corrected chi connectivity index (χ0v) is 15.3. The average Bonchev–Trinajstić information content (AvgIpc) is 2.41. The quantitative estimate of drug-likeness (QED) is 0.530. The Hall–Kier alpha value is -1.39. The first kappa shape index (κ1) is 19.7. The van der Waals surface area contributed by atoms with Crippen molar-refractivity contribution in [1.29, 1.82) is 0 Å². The lowest BCUT2D eigenvalue weighted by Crippen LogP contribution is -2.20. The lowest BCUT2D eigenvalue weighted by Gasteiger charge is -2.26. The highest BCUT2D eigenvalue weighted by molar-refractivity contribution is 5.87. The number of aliphatic hydroxyl groups is 2. The molecule has 0 heterocycles. The van der Waals surface area contributed by atoms with Crippen LogP contribution in [-0.4, -0.2) is 28.6 Å². The number of rotatable bonds is 7. The van der Waals surface area contributed by atoms with Crippen molar-refractivity contribution in [3.8, 4) is 0 Å². The van der Waals surface area contributed by atoms with Crippen molar-refractivity contribution in [2.24, 2.45) is 4.99 Å². The summed E-state index contributed by atoms with van der Waals surface area (Å²) >= 11 is 0. The zero-order valence-electron chi connectivity index (χ0n) is 15.3. The van der Waals surface area contributed by atoms with Gasteiger partial charge in [-0.05, 0) is 69.7 Å². The van der Waals surface area contributed by atoms with E-state index in [1.807, 2.05) is 12.1 Å². The number of nitrogens with two attached hydrogens (primary N) is 1. The fraction of sp³-hybridized carbons (Fsp3) is 0.632. The second kappa shape index (κ2) is 7.45. The van der Waals surface area contributed by atoms with Gasteiger partial charge in [0.15, 0.2) is 0 Å². The molecule has 0 bridgehead atoms. The number of anilines is 1. The van der Waals surface area contributed by atoms with Crippen molar-refractivity contribution in [3.63, 3.8) is 0 Å². The molecule has 0 amide bonds. The standard InChI is InChI=1S/C19H32N2O2/c1-7-13(2)15-10-14(12-21-9-8-18(3,4)22)17(20)11-16(15)19(5,6)23/h10-13,22-23H,7-9,20H2,1-6H3. The maximum Gasteiger partial charge on any atom is 0.0844 e. The Balaban J connectivity index is 3.13. The summed E-state index contributed by atoms with van der Waals surface area (Å²) in [5.74, 6) is 0.334. The van der Waals surface area contributed by atoms with E-state index in [0.29, 0.717) is 24.6 Å². The molecule has 4 nitrogen and oxygen atoms in total. The van der Waals surface area contributed by atoms with Gasteiger partial charge in [-0.25, -0.2) is 0 Å². The fourth-order valence-electron chi connectivity index (χ4n) is 2.42. The molecule has 0 radical (unpaired) electrons. The Bertz CT molecular complexity index is 552. The minimum absolute atomic E-state index is 0.334. The molecule has 1 aromatic rings. The van der Waals surface area contributed by atoms with Crippen LogP contribution in [0.2, 0.25) is 0 Å². The van der Waals surface area contributed by atoms with E-state index in [9.17, 15) is 10.2 Å². The molecule has 0 aromatic heterocycles. The normalized spacial score (nSPS) is 14.4. The van der Waals surface area contributed by atoms with Gasteiger partial charge in [-0.1, -0.05) is 13.8 Å². The molecule has 4 N–H and O–H groups in total. The summed E-state index contributed by atoms with van der Waals surface area (Å²) in [5, 5.41) is 20.1. The first-order chi connectivity index (χ1) is 10.5. The smallest absolute Gasteiger partial charge is 0.0844 e. The van der Waals surface area contributed by atoms with Crippen LogP contribution in [0.4, 0.5) is 5.69 Å². The van der Waals surface area contributed by atoms with Gasteiger partial charge >= 0.3 is 0 Å².